The van der Waals surface area contributed by atoms with Crippen molar-refractivity contribution in [3.63, 3.8) is 0 Å². The SMILES string of the molecule is COC(=O)c1nn(-c2ccc(Br)cc2C)c(C)c1Br. The first-order valence-electron chi connectivity index (χ1n) is 5.55. The third-order valence-electron chi connectivity index (χ3n) is 2.81. The van der Waals surface area contributed by atoms with Crippen LogP contribution in [-0.4, -0.2) is 22.9 Å². The highest BCUT2D eigenvalue weighted by Gasteiger charge is 2.20. The lowest BCUT2D eigenvalue weighted by atomic mass is 10.2. The summed E-state index contributed by atoms with van der Waals surface area (Å²) in [7, 11) is 1.34. The zero-order chi connectivity index (χ0) is 14.2. The highest BCUT2D eigenvalue weighted by molar-refractivity contribution is 9.10. The van der Waals surface area contributed by atoms with Gasteiger partial charge in [0.15, 0.2) is 5.69 Å². The van der Waals surface area contributed by atoms with Crippen LogP contribution < -0.4 is 0 Å². The van der Waals surface area contributed by atoms with Gasteiger partial charge in [-0.1, -0.05) is 15.9 Å². The molecule has 2 aromatic rings. The van der Waals surface area contributed by atoms with Crippen molar-refractivity contribution in [2.45, 2.75) is 13.8 Å². The van der Waals surface area contributed by atoms with Gasteiger partial charge < -0.3 is 4.74 Å². The van der Waals surface area contributed by atoms with Crippen LogP contribution in [0.4, 0.5) is 0 Å². The monoisotopic (exact) mass is 386 g/mol. The maximum atomic E-state index is 11.6. The first-order chi connectivity index (χ1) is 8.95. The number of hydrogen-bond acceptors (Lipinski definition) is 3. The Kier molecular flexibility index (Phi) is 4.10. The summed E-state index contributed by atoms with van der Waals surface area (Å²) in [6, 6.07) is 5.89. The molecule has 6 heteroatoms. The molecule has 0 fully saturated rings. The van der Waals surface area contributed by atoms with Crippen LogP contribution in [-0.2, 0) is 4.74 Å². The largest absolute Gasteiger partial charge is 0.464 e. The Morgan fingerprint density at radius 1 is 1.32 bits per heavy atom. The molecule has 19 heavy (non-hydrogen) atoms. The number of methoxy groups -OCH3 is 1. The number of carbonyl (C=O) groups excluding carboxylic acids is 1. The quantitative estimate of drug-likeness (QED) is 0.736. The zero-order valence-corrected chi connectivity index (χ0v) is 13.9. The van der Waals surface area contributed by atoms with Crippen molar-refractivity contribution < 1.29 is 9.53 Å². The Balaban J connectivity index is 2.60. The Labute approximate surface area is 128 Å². The predicted octanol–water partition coefficient (Wildman–Crippen LogP) is 3.80. The summed E-state index contributed by atoms with van der Waals surface area (Å²) >= 11 is 6.81. The lowest BCUT2D eigenvalue weighted by molar-refractivity contribution is 0.0592. The van der Waals surface area contributed by atoms with Crippen molar-refractivity contribution >= 4 is 37.8 Å². The molecular formula is C13H12Br2N2O2. The molecule has 1 aromatic heterocycles. The highest BCUT2D eigenvalue weighted by atomic mass is 79.9. The van der Waals surface area contributed by atoms with Crippen LogP contribution in [0.3, 0.4) is 0 Å². The van der Waals surface area contributed by atoms with E-state index >= 15 is 0 Å². The van der Waals surface area contributed by atoms with E-state index in [9.17, 15) is 4.79 Å². The summed E-state index contributed by atoms with van der Waals surface area (Å²) in [6.45, 7) is 3.89. The first kappa shape index (κ1) is 14.3. The molecule has 0 aliphatic carbocycles. The number of ether oxygens (including phenoxy) is 1. The topological polar surface area (TPSA) is 44.1 Å². The highest BCUT2D eigenvalue weighted by Crippen LogP contribution is 2.26. The molecule has 0 radical (unpaired) electrons. The van der Waals surface area contributed by atoms with Crippen LogP contribution in [0.5, 0.6) is 0 Å². The predicted molar refractivity (Wildman–Crippen MR) is 79.8 cm³/mol. The van der Waals surface area contributed by atoms with Gasteiger partial charge in [-0.3, -0.25) is 0 Å². The summed E-state index contributed by atoms with van der Waals surface area (Å²) in [5.41, 5.74) is 3.12. The molecule has 0 amide bonds. The Hall–Kier alpha value is -1.14. The van der Waals surface area contributed by atoms with E-state index in [1.165, 1.54) is 7.11 Å². The van der Waals surface area contributed by atoms with Crippen LogP contribution in [0.1, 0.15) is 21.7 Å². The number of esters is 1. The van der Waals surface area contributed by atoms with Gasteiger partial charge in [0.25, 0.3) is 0 Å². The van der Waals surface area contributed by atoms with Crippen molar-refractivity contribution in [3.8, 4) is 5.69 Å². The number of aryl methyl sites for hydroxylation is 1. The van der Waals surface area contributed by atoms with Crippen molar-refractivity contribution in [2.75, 3.05) is 7.11 Å². The lowest BCUT2D eigenvalue weighted by Gasteiger charge is -2.08. The Morgan fingerprint density at radius 3 is 2.58 bits per heavy atom. The molecule has 1 aromatic carbocycles. The maximum Gasteiger partial charge on any atom is 0.359 e. The van der Waals surface area contributed by atoms with Crippen LogP contribution in [0, 0.1) is 13.8 Å². The van der Waals surface area contributed by atoms with Crippen molar-refractivity contribution in [1.29, 1.82) is 0 Å². The Morgan fingerprint density at radius 2 is 2.00 bits per heavy atom. The number of halogens is 2. The van der Waals surface area contributed by atoms with Crippen LogP contribution in [0.2, 0.25) is 0 Å². The molecule has 1 heterocycles. The summed E-state index contributed by atoms with van der Waals surface area (Å²) in [6.07, 6.45) is 0. The molecule has 2 rings (SSSR count). The van der Waals surface area contributed by atoms with E-state index in [0.717, 1.165) is 21.4 Å². The smallest absolute Gasteiger partial charge is 0.359 e. The van der Waals surface area contributed by atoms with Gasteiger partial charge in [-0.05, 0) is 53.5 Å². The third-order valence-corrected chi connectivity index (χ3v) is 4.25. The van der Waals surface area contributed by atoms with Gasteiger partial charge in [0.05, 0.1) is 23.0 Å². The molecule has 100 valence electrons. The van der Waals surface area contributed by atoms with E-state index in [0.29, 0.717) is 4.47 Å². The minimum Gasteiger partial charge on any atom is -0.464 e. The van der Waals surface area contributed by atoms with Crippen LogP contribution in [0.25, 0.3) is 5.69 Å². The van der Waals surface area contributed by atoms with E-state index in [1.54, 1.807) is 4.68 Å². The third kappa shape index (κ3) is 2.60. The molecule has 0 saturated heterocycles. The first-order valence-corrected chi connectivity index (χ1v) is 7.14. The zero-order valence-electron chi connectivity index (χ0n) is 10.7. The summed E-state index contributed by atoms with van der Waals surface area (Å²) in [5, 5.41) is 4.32. The van der Waals surface area contributed by atoms with E-state index in [-0.39, 0.29) is 5.69 Å². The fraction of sp³-hybridized carbons (Fsp3) is 0.231. The molecule has 0 atom stereocenters. The summed E-state index contributed by atoms with van der Waals surface area (Å²) in [4.78, 5) is 11.6. The lowest BCUT2D eigenvalue weighted by Crippen LogP contribution is -2.05. The Bertz CT molecular complexity index is 650. The number of hydrogen-bond donors (Lipinski definition) is 0. The van der Waals surface area contributed by atoms with Crippen LogP contribution >= 0.6 is 31.9 Å². The van der Waals surface area contributed by atoms with Gasteiger partial charge in [-0.25, -0.2) is 9.48 Å². The van der Waals surface area contributed by atoms with E-state index < -0.39 is 5.97 Å². The van der Waals surface area contributed by atoms with Crippen molar-refractivity contribution in [2.24, 2.45) is 0 Å². The number of nitrogens with zero attached hydrogens (tertiary/aromatic N) is 2. The minimum atomic E-state index is -0.455. The van der Waals surface area contributed by atoms with Crippen molar-refractivity contribution in [1.82, 2.24) is 9.78 Å². The van der Waals surface area contributed by atoms with Gasteiger partial charge in [0.2, 0.25) is 0 Å². The maximum absolute atomic E-state index is 11.6. The molecule has 0 aliphatic heterocycles. The number of benzene rings is 1. The van der Waals surface area contributed by atoms with E-state index in [4.69, 9.17) is 4.74 Å². The number of aromatic nitrogens is 2. The summed E-state index contributed by atoms with van der Waals surface area (Å²) < 4.78 is 8.11. The van der Waals surface area contributed by atoms with E-state index in [1.807, 2.05) is 32.0 Å². The second-order valence-electron chi connectivity index (χ2n) is 4.08. The second-order valence-corrected chi connectivity index (χ2v) is 5.79. The molecule has 0 unspecified atom stereocenters. The average Bonchev–Trinajstić information content (AvgIpc) is 2.66. The van der Waals surface area contributed by atoms with Gasteiger partial charge >= 0.3 is 5.97 Å². The van der Waals surface area contributed by atoms with E-state index in [2.05, 4.69) is 37.0 Å². The standard InChI is InChI=1S/C13H12Br2N2O2/c1-7-6-9(14)4-5-10(7)17-8(2)11(15)12(16-17)13(18)19-3/h4-6H,1-3H3. The van der Waals surface area contributed by atoms with Gasteiger partial charge in [0, 0.05) is 4.47 Å². The molecule has 0 spiro atoms. The summed E-state index contributed by atoms with van der Waals surface area (Å²) in [5.74, 6) is -0.455. The molecular weight excluding hydrogens is 376 g/mol. The van der Waals surface area contributed by atoms with Gasteiger partial charge in [0.1, 0.15) is 0 Å². The van der Waals surface area contributed by atoms with Gasteiger partial charge in [-0.15, -0.1) is 0 Å². The molecule has 0 aliphatic rings. The average molecular weight is 388 g/mol. The minimum absolute atomic E-state index is 0.280. The van der Waals surface area contributed by atoms with Crippen molar-refractivity contribution in [3.05, 3.63) is 44.1 Å². The molecule has 0 saturated carbocycles. The normalized spacial score (nSPS) is 10.6. The molecule has 0 bridgehead atoms. The number of rotatable bonds is 2. The molecule has 0 N–H and O–H groups in total. The second kappa shape index (κ2) is 5.46. The van der Waals surface area contributed by atoms with Gasteiger partial charge in [-0.2, -0.15) is 5.10 Å². The fourth-order valence-electron chi connectivity index (χ4n) is 1.80. The number of carbonyl (C=O) groups is 1. The molecule has 4 nitrogen and oxygen atoms in total. The fourth-order valence-corrected chi connectivity index (χ4v) is 2.69. The van der Waals surface area contributed by atoms with Crippen LogP contribution in [0.15, 0.2) is 27.1 Å².